The monoisotopic (exact) mass is 290 g/mol. The zero-order chi connectivity index (χ0) is 13.9. The summed E-state index contributed by atoms with van der Waals surface area (Å²) in [5.74, 6) is 0.910. The highest BCUT2D eigenvalue weighted by atomic mass is 32.1. The normalized spacial score (nSPS) is 16.9. The third-order valence-electron chi connectivity index (χ3n) is 4.22. The molecule has 108 valence electrons. The summed E-state index contributed by atoms with van der Waals surface area (Å²) in [7, 11) is 3.95. The molecule has 4 heteroatoms. The second kappa shape index (κ2) is 6.10. The number of aromatic nitrogens is 1. The lowest BCUT2D eigenvalue weighted by atomic mass is 9.94. The zero-order valence-electron chi connectivity index (χ0n) is 12.3. The van der Waals surface area contributed by atoms with Crippen molar-refractivity contribution >= 4 is 21.6 Å². The smallest absolute Gasteiger partial charge is 0.120 e. The SMILES string of the molecule is COc1ccc2nc(CN(C)C3CCCCC3)sc2c1. The molecule has 1 heterocycles. The Balaban J connectivity index is 1.73. The summed E-state index contributed by atoms with van der Waals surface area (Å²) in [4.78, 5) is 7.22. The van der Waals surface area contributed by atoms with E-state index in [0.717, 1.165) is 23.9 Å². The molecule has 0 bridgehead atoms. The molecule has 1 fully saturated rings. The molecule has 1 aliphatic rings. The van der Waals surface area contributed by atoms with Gasteiger partial charge in [0.2, 0.25) is 0 Å². The van der Waals surface area contributed by atoms with E-state index in [0.29, 0.717) is 0 Å². The molecule has 1 aromatic heterocycles. The number of rotatable bonds is 4. The van der Waals surface area contributed by atoms with Gasteiger partial charge in [0.25, 0.3) is 0 Å². The molecule has 3 rings (SSSR count). The molecule has 0 aliphatic heterocycles. The number of hydrogen-bond donors (Lipinski definition) is 0. The third-order valence-corrected chi connectivity index (χ3v) is 5.23. The van der Waals surface area contributed by atoms with E-state index in [2.05, 4.69) is 24.1 Å². The molecule has 1 aliphatic carbocycles. The number of fused-ring (bicyclic) bond motifs is 1. The zero-order valence-corrected chi connectivity index (χ0v) is 13.1. The average Bonchev–Trinajstić information content (AvgIpc) is 2.89. The van der Waals surface area contributed by atoms with Gasteiger partial charge in [-0.25, -0.2) is 4.98 Å². The summed E-state index contributed by atoms with van der Waals surface area (Å²) in [6.45, 7) is 0.965. The van der Waals surface area contributed by atoms with Crippen molar-refractivity contribution in [2.75, 3.05) is 14.2 Å². The summed E-state index contributed by atoms with van der Waals surface area (Å²) in [5, 5.41) is 1.21. The maximum atomic E-state index is 5.28. The van der Waals surface area contributed by atoms with Crippen molar-refractivity contribution in [1.82, 2.24) is 9.88 Å². The van der Waals surface area contributed by atoms with E-state index in [1.54, 1.807) is 18.4 Å². The number of benzene rings is 1. The fourth-order valence-corrected chi connectivity index (χ4v) is 4.07. The standard InChI is InChI=1S/C16H22N2OS/c1-18(12-6-4-3-5-7-12)11-16-17-14-9-8-13(19-2)10-15(14)20-16/h8-10,12H,3-7,11H2,1-2H3. The Morgan fingerprint density at radius 1 is 1.30 bits per heavy atom. The molecule has 2 aromatic rings. The van der Waals surface area contributed by atoms with E-state index in [1.165, 1.54) is 41.8 Å². The molecule has 0 amide bonds. The van der Waals surface area contributed by atoms with Crippen LogP contribution >= 0.6 is 11.3 Å². The molecular formula is C16H22N2OS. The Bertz CT molecular complexity index is 575. The van der Waals surface area contributed by atoms with Crippen LogP contribution in [0.15, 0.2) is 18.2 Å². The Labute approximate surface area is 124 Å². The molecule has 0 N–H and O–H groups in total. The van der Waals surface area contributed by atoms with Crippen LogP contribution in [0.4, 0.5) is 0 Å². The van der Waals surface area contributed by atoms with Crippen LogP contribution < -0.4 is 4.74 Å². The second-order valence-corrected chi connectivity index (χ2v) is 6.76. The predicted molar refractivity (Wildman–Crippen MR) is 84.5 cm³/mol. The van der Waals surface area contributed by atoms with Crippen LogP contribution in [0.25, 0.3) is 10.2 Å². The van der Waals surface area contributed by atoms with Crippen LogP contribution in [0.3, 0.4) is 0 Å². The number of methoxy groups -OCH3 is 1. The van der Waals surface area contributed by atoms with Crippen molar-refractivity contribution in [1.29, 1.82) is 0 Å². The highest BCUT2D eigenvalue weighted by Crippen LogP contribution is 2.28. The molecule has 0 atom stereocenters. The van der Waals surface area contributed by atoms with E-state index in [1.807, 2.05) is 6.07 Å². The molecule has 1 saturated carbocycles. The largest absolute Gasteiger partial charge is 0.497 e. The molecular weight excluding hydrogens is 268 g/mol. The van der Waals surface area contributed by atoms with Gasteiger partial charge in [0.05, 0.1) is 23.9 Å². The lowest BCUT2D eigenvalue weighted by Crippen LogP contribution is -2.32. The maximum absolute atomic E-state index is 5.28. The Kier molecular flexibility index (Phi) is 4.22. The molecule has 0 saturated heterocycles. The van der Waals surface area contributed by atoms with E-state index < -0.39 is 0 Å². The molecule has 0 radical (unpaired) electrons. The Morgan fingerprint density at radius 2 is 2.10 bits per heavy atom. The van der Waals surface area contributed by atoms with Gasteiger partial charge in [-0.3, -0.25) is 4.90 Å². The lowest BCUT2D eigenvalue weighted by molar-refractivity contribution is 0.184. The average molecular weight is 290 g/mol. The van der Waals surface area contributed by atoms with Gasteiger partial charge < -0.3 is 4.74 Å². The Morgan fingerprint density at radius 3 is 2.85 bits per heavy atom. The van der Waals surface area contributed by atoms with Gasteiger partial charge in [-0.15, -0.1) is 11.3 Å². The molecule has 1 aromatic carbocycles. The molecule has 0 spiro atoms. The second-order valence-electron chi connectivity index (χ2n) is 5.65. The van der Waals surface area contributed by atoms with E-state index in [4.69, 9.17) is 9.72 Å². The summed E-state index contributed by atoms with van der Waals surface area (Å²) >= 11 is 1.79. The van der Waals surface area contributed by atoms with Crippen molar-refractivity contribution in [2.24, 2.45) is 0 Å². The summed E-state index contributed by atoms with van der Waals surface area (Å²) < 4.78 is 6.50. The van der Waals surface area contributed by atoms with E-state index in [-0.39, 0.29) is 0 Å². The van der Waals surface area contributed by atoms with Gasteiger partial charge in [-0.2, -0.15) is 0 Å². The number of ether oxygens (including phenoxy) is 1. The minimum atomic E-state index is 0.741. The molecule has 20 heavy (non-hydrogen) atoms. The fourth-order valence-electron chi connectivity index (χ4n) is 3.01. The Hall–Kier alpha value is -1.13. The fraction of sp³-hybridized carbons (Fsp3) is 0.562. The first-order valence-corrected chi connectivity index (χ1v) is 8.21. The summed E-state index contributed by atoms with van der Waals surface area (Å²) in [5.41, 5.74) is 1.09. The van der Waals surface area contributed by atoms with Gasteiger partial charge in [0.1, 0.15) is 10.8 Å². The first-order valence-electron chi connectivity index (χ1n) is 7.40. The quantitative estimate of drug-likeness (QED) is 0.848. The summed E-state index contributed by atoms with van der Waals surface area (Å²) in [6.07, 6.45) is 6.85. The topological polar surface area (TPSA) is 25.4 Å². The van der Waals surface area contributed by atoms with Gasteiger partial charge in [-0.05, 0) is 38.1 Å². The first kappa shape index (κ1) is 13.8. The van der Waals surface area contributed by atoms with Crippen LogP contribution in [0.2, 0.25) is 0 Å². The van der Waals surface area contributed by atoms with Crippen molar-refractivity contribution < 1.29 is 4.74 Å². The van der Waals surface area contributed by atoms with Crippen molar-refractivity contribution in [2.45, 2.75) is 44.7 Å². The van der Waals surface area contributed by atoms with Gasteiger partial charge >= 0.3 is 0 Å². The minimum Gasteiger partial charge on any atom is -0.497 e. The number of nitrogens with zero attached hydrogens (tertiary/aromatic N) is 2. The highest BCUT2D eigenvalue weighted by molar-refractivity contribution is 7.18. The molecule has 0 unspecified atom stereocenters. The van der Waals surface area contributed by atoms with Gasteiger partial charge in [-0.1, -0.05) is 19.3 Å². The van der Waals surface area contributed by atoms with Gasteiger partial charge in [0, 0.05) is 6.04 Å². The van der Waals surface area contributed by atoms with Crippen molar-refractivity contribution in [3.63, 3.8) is 0 Å². The van der Waals surface area contributed by atoms with E-state index >= 15 is 0 Å². The van der Waals surface area contributed by atoms with Crippen molar-refractivity contribution in [3.05, 3.63) is 23.2 Å². The molecule has 3 nitrogen and oxygen atoms in total. The lowest BCUT2D eigenvalue weighted by Gasteiger charge is -2.30. The minimum absolute atomic E-state index is 0.741. The van der Waals surface area contributed by atoms with Crippen molar-refractivity contribution in [3.8, 4) is 5.75 Å². The van der Waals surface area contributed by atoms with Crippen LogP contribution in [-0.4, -0.2) is 30.1 Å². The van der Waals surface area contributed by atoms with Crippen LogP contribution in [-0.2, 0) is 6.54 Å². The highest BCUT2D eigenvalue weighted by Gasteiger charge is 2.19. The number of thiazole rings is 1. The van der Waals surface area contributed by atoms with E-state index in [9.17, 15) is 0 Å². The number of hydrogen-bond acceptors (Lipinski definition) is 4. The predicted octanol–water partition coefficient (Wildman–Crippen LogP) is 4.07. The van der Waals surface area contributed by atoms with Crippen LogP contribution in [0.1, 0.15) is 37.1 Å². The maximum Gasteiger partial charge on any atom is 0.120 e. The summed E-state index contributed by atoms with van der Waals surface area (Å²) in [6, 6.07) is 6.85. The third kappa shape index (κ3) is 2.96. The van der Waals surface area contributed by atoms with Gasteiger partial charge in [0.15, 0.2) is 0 Å². The van der Waals surface area contributed by atoms with Crippen LogP contribution in [0, 0.1) is 0 Å². The van der Waals surface area contributed by atoms with Crippen LogP contribution in [0.5, 0.6) is 5.75 Å². The first-order chi connectivity index (χ1) is 9.76.